The highest BCUT2D eigenvalue weighted by Gasteiger charge is 2.27. The third-order valence-corrected chi connectivity index (χ3v) is 4.56. The van der Waals surface area contributed by atoms with Crippen LogP contribution < -0.4 is 0 Å². The molecule has 0 aromatic heterocycles. The van der Waals surface area contributed by atoms with Crippen molar-refractivity contribution in [2.45, 2.75) is 57.5 Å². The van der Waals surface area contributed by atoms with Crippen molar-refractivity contribution in [1.82, 2.24) is 0 Å². The van der Waals surface area contributed by atoms with Gasteiger partial charge in [0, 0.05) is 5.56 Å². The molecule has 0 spiro atoms. The summed E-state index contributed by atoms with van der Waals surface area (Å²) in [5, 5.41) is 0. The van der Waals surface area contributed by atoms with Crippen LogP contribution in [0, 0.1) is 11.7 Å². The number of halogens is 5. The molecule has 5 heteroatoms. The Morgan fingerprint density at radius 3 is 2.35 bits per heavy atom. The van der Waals surface area contributed by atoms with Gasteiger partial charge in [-0.15, -0.1) is 0 Å². The Morgan fingerprint density at radius 2 is 1.83 bits per heavy atom. The average molecular weight is 332 g/mol. The van der Waals surface area contributed by atoms with Crippen LogP contribution in [-0.2, 0) is 0 Å². The van der Waals surface area contributed by atoms with Gasteiger partial charge >= 0.3 is 6.18 Å². The first-order valence-corrected chi connectivity index (χ1v) is 8.05. The van der Waals surface area contributed by atoms with E-state index in [0.29, 0.717) is 5.92 Å². The number of hydrogen-bond acceptors (Lipinski definition) is 0. The van der Waals surface area contributed by atoms with Gasteiger partial charge in [-0.25, -0.2) is 8.78 Å². The van der Waals surface area contributed by atoms with Crippen molar-refractivity contribution in [3.63, 3.8) is 0 Å². The van der Waals surface area contributed by atoms with E-state index < -0.39 is 29.5 Å². The number of alkyl halides is 3. The predicted molar refractivity (Wildman–Crippen MR) is 81.1 cm³/mol. The quantitative estimate of drug-likeness (QED) is 0.534. The smallest absolute Gasteiger partial charge is 0.206 e. The zero-order chi connectivity index (χ0) is 17.0. The van der Waals surface area contributed by atoms with Crippen molar-refractivity contribution in [1.29, 1.82) is 0 Å². The van der Waals surface area contributed by atoms with Crippen molar-refractivity contribution in [3.8, 4) is 0 Å². The Bertz CT molecular complexity index is 551. The van der Waals surface area contributed by atoms with Crippen molar-refractivity contribution < 1.29 is 22.0 Å². The highest BCUT2D eigenvalue weighted by molar-refractivity contribution is 5.60. The SMILES string of the molecule is CCCC1CCC(c2ccc(/C(F)=C/C(F)(F)F)c(F)c2)CC1. The molecule has 0 unspecified atom stereocenters. The first-order chi connectivity index (χ1) is 10.8. The molecule has 2 rings (SSSR count). The van der Waals surface area contributed by atoms with Gasteiger partial charge in [0.25, 0.3) is 0 Å². The molecule has 0 heterocycles. The largest absolute Gasteiger partial charge is 0.412 e. The lowest BCUT2D eigenvalue weighted by Gasteiger charge is -2.28. The maximum Gasteiger partial charge on any atom is 0.412 e. The predicted octanol–water partition coefficient (Wildman–Crippen LogP) is 6.77. The summed E-state index contributed by atoms with van der Waals surface area (Å²) in [6, 6.07) is 3.84. The van der Waals surface area contributed by atoms with E-state index in [1.165, 1.54) is 12.5 Å². The molecule has 1 aromatic rings. The van der Waals surface area contributed by atoms with Gasteiger partial charge in [0.2, 0.25) is 0 Å². The maximum absolute atomic E-state index is 14.0. The topological polar surface area (TPSA) is 0 Å². The average Bonchev–Trinajstić information content (AvgIpc) is 2.46. The fraction of sp³-hybridized carbons (Fsp3) is 0.556. The van der Waals surface area contributed by atoms with Crippen LogP contribution in [0.5, 0.6) is 0 Å². The molecular formula is C18H21F5. The van der Waals surface area contributed by atoms with Gasteiger partial charge in [-0.1, -0.05) is 25.8 Å². The molecule has 23 heavy (non-hydrogen) atoms. The Kier molecular flexibility index (Phi) is 5.82. The first kappa shape index (κ1) is 18.0. The zero-order valence-electron chi connectivity index (χ0n) is 13.1. The lowest BCUT2D eigenvalue weighted by molar-refractivity contribution is -0.0798. The summed E-state index contributed by atoms with van der Waals surface area (Å²) in [6.07, 6.45) is 1.12. The van der Waals surface area contributed by atoms with Crippen LogP contribution in [0.4, 0.5) is 22.0 Å². The summed E-state index contributed by atoms with van der Waals surface area (Å²) in [7, 11) is 0. The minimum atomic E-state index is -4.80. The molecule has 1 aliphatic rings. The third kappa shape index (κ3) is 5.05. The van der Waals surface area contributed by atoms with Gasteiger partial charge in [-0.05, 0) is 55.2 Å². The first-order valence-electron chi connectivity index (χ1n) is 8.05. The second-order valence-corrected chi connectivity index (χ2v) is 6.28. The van der Waals surface area contributed by atoms with E-state index in [-0.39, 0.29) is 5.92 Å². The van der Waals surface area contributed by atoms with Crippen LogP contribution in [0.1, 0.15) is 62.5 Å². The van der Waals surface area contributed by atoms with Crippen LogP contribution >= 0.6 is 0 Å². The van der Waals surface area contributed by atoms with E-state index in [1.807, 2.05) is 0 Å². The Hall–Kier alpha value is -1.39. The molecular weight excluding hydrogens is 311 g/mol. The molecule has 0 amide bonds. The molecule has 128 valence electrons. The van der Waals surface area contributed by atoms with Gasteiger partial charge in [0.05, 0.1) is 6.08 Å². The molecule has 1 fully saturated rings. The fourth-order valence-electron chi connectivity index (χ4n) is 3.39. The monoisotopic (exact) mass is 332 g/mol. The summed E-state index contributed by atoms with van der Waals surface area (Å²) in [5.74, 6) is -1.60. The van der Waals surface area contributed by atoms with Crippen LogP contribution in [-0.4, -0.2) is 6.18 Å². The number of hydrogen-bond donors (Lipinski definition) is 0. The van der Waals surface area contributed by atoms with Crippen molar-refractivity contribution in [3.05, 3.63) is 41.2 Å². The maximum atomic E-state index is 14.0. The van der Waals surface area contributed by atoms with E-state index in [0.717, 1.165) is 43.7 Å². The van der Waals surface area contributed by atoms with E-state index in [1.54, 1.807) is 6.07 Å². The summed E-state index contributed by atoms with van der Waals surface area (Å²) in [4.78, 5) is 0. The minimum Gasteiger partial charge on any atom is -0.206 e. The lowest BCUT2D eigenvalue weighted by Crippen LogP contribution is -2.13. The van der Waals surface area contributed by atoms with Gasteiger partial charge in [-0.3, -0.25) is 0 Å². The summed E-state index contributed by atoms with van der Waals surface area (Å²) in [6.45, 7) is 2.16. The number of rotatable bonds is 4. The molecule has 0 atom stereocenters. The summed E-state index contributed by atoms with van der Waals surface area (Å²) >= 11 is 0. The normalized spacial score (nSPS) is 23.1. The lowest BCUT2D eigenvalue weighted by atomic mass is 9.77. The second kappa shape index (κ2) is 7.45. The standard InChI is InChI=1S/C18H21F5/c1-2-3-12-4-6-13(7-5-12)14-8-9-15(16(19)10-14)17(20)11-18(21,22)23/h8-13H,2-7H2,1H3/b17-11-. The molecule has 0 saturated heterocycles. The summed E-state index contributed by atoms with van der Waals surface area (Å²) < 4.78 is 63.9. The van der Waals surface area contributed by atoms with Gasteiger partial charge in [0.1, 0.15) is 11.6 Å². The van der Waals surface area contributed by atoms with E-state index in [4.69, 9.17) is 0 Å². The number of allylic oxidation sites excluding steroid dienone is 1. The Balaban J connectivity index is 2.10. The minimum absolute atomic E-state index is 0.210. The molecule has 1 aromatic carbocycles. The molecule has 1 aliphatic carbocycles. The molecule has 0 N–H and O–H groups in total. The highest BCUT2D eigenvalue weighted by atomic mass is 19.4. The molecule has 0 aliphatic heterocycles. The molecule has 0 radical (unpaired) electrons. The van der Waals surface area contributed by atoms with E-state index >= 15 is 0 Å². The van der Waals surface area contributed by atoms with Crippen LogP contribution in [0.3, 0.4) is 0 Å². The van der Waals surface area contributed by atoms with Crippen molar-refractivity contribution in [2.75, 3.05) is 0 Å². The zero-order valence-corrected chi connectivity index (χ0v) is 13.1. The highest BCUT2D eigenvalue weighted by Crippen LogP contribution is 2.38. The van der Waals surface area contributed by atoms with E-state index in [2.05, 4.69) is 6.92 Å². The van der Waals surface area contributed by atoms with Crippen LogP contribution in [0.25, 0.3) is 5.83 Å². The van der Waals surface area contributed by atoms with E-state index in [9.17, 15) is 22.0 Å². The van der Waals surface area contributed by atoms with Crippen molar-refractivity contribution in [2.24, 2.45) is 5.92 Å². The molecule has 0 bridgehead atoms. The van der Waals surface area contributed by atoms with Crippen LogP contribution in [0.15, 0.2) is 24.3 Å². The Labute approximate surface area is 133 Å². The Morgan fingerprint density at radius 1 is 1.17 bits per heavy atom. The number of benzene rings is 1. The van der Waals surface area contributed by atoms with Crippen LogP contribution in [0.2, 0.25) is 0 Å². The van der Waals surface area contributed by atoms with Gasteiger partial charge < -0.3 is 0 Å². The fourth-order valence-corrected chi connectivity index (χ4v) is 3.39. The van der Waals surface area contributed by atoms with Gasteiger partial charge in [0.15, 0.2) is 0 Å². The molecule has 1 saturated carbocycles. The second-order valence-electron chi connectivity index (χ2n) is 6.28. The third-order valence-electron chi connectivity index (χ3n) is 4.56. The molecule has 0 nitrogen and oxygen atoms in total. The van der Waals surface area contributed by atoms with Crippen molar-refractivity contribution >= 4 is 5.83 Å². The summed E-state index contributed by atoms with van der Waals surface area (Å²) in [5.41, 5.74) is 0.117. The van der Waals surface area contributed by atoms with Gasteiger partial charge in [-0.2, -0.15) is 13.2 Å².